The maximum Gasteiger partial charge on any atom is 0.0247 e. The highest BCUT2D eigenvalue weighted by Crippen LogP contribution is 2.19. The van der Waals surface area contributed by atoms with Crippen LogP contribution in [0.3, 0.4) is 0 Å². The first-order valence-corrected chi connectivity index (χ1v) is 8.18. The Hall–Kier alpha value is 0.270. The lowest BCUT2D eigenvalue weighted by Crippen LogP contribution is -2.58. The van der Waals surface area contributed by atoms with Gasteiger partial charge in [0.15, 0.2) is 0 Å². The Kier molecular flexibility index (Phi) is 6.90. The van der Waals surface area contributed by atoms with Crippen molar-refractivity contribution >= 4 is 11.8 Å². The van der Waals surface area contributed by atoms with E-state index in [0.717, 1.165) is 17.2 Å². The second kappa shape index (κ2) is 7.65. The van der Waals surface area contributed by atoms with Gasteiger partial charge < -0.3 is 5.32 Å². The van der Waals surface area contributed by atoms with Crippen LogP contribution in [0.2, 0.25) is 0 Å². The fraction of sp³-hybridized carbons (Fsp3) is 1.00. The molecular weight excluding hydrogens is 228 g/mol. The minimum atomic E-state index is 0.652. The number of nitrogens with zero attached hydrogens (tertiary/aromatic N) is 1. The average molecular weight is 258 g/mol. The lowest BCUT2D eigenvalue weighted by molar-refractivity contribution is 0.103. The number of nitrogens with one attached hydrogen (secondary N) is 1. The highest BCUT2D eigenvalue weighted by molar-refractivity contribution is 7.99. The van der Waals surface area contributed by atoms with Crippen LogP contribution in [-0.2, 0) is 0 Å². The Balaban J connectivity index is 2.44. The topological polar surface area (TPSA) is 15.3 Å². The molecule has 102 valence electrons. The van der Waals surface area contributed by atoms with Gasteiger partial charge >= 0.3 is 0 Å². The molecule has 3 heteroatoms. The summed E-state index contributed by atoms with van der Waals surface area (Å²) >= 11 is 2.09. The van der Waals surface area contributed by atoms with Crippen molar-refractivity contribution in [1.29, 1.82) is 0 Å². The number of hydrogen-bond acceptors (Lipinski definition) is 3. The van der Waals surface area contributed by atoms with E-state index in [2.05, 4.69) is 56.6 Å². The molecule has 0 aromatic carbocycles. The van der Waals surface area contributed by atoms with Gasteiger partial charge in [0.2, 0.25) is 0 Å². The van der Waals surface area contributed by atoms with E-state index < -0.39 is 0 Å². The zero-order valence-electron chi connectivity index (χ0n) is 12.2. The maximum atomic E-state index is 3.63. The molecule has 0 aliphatic carbocycles. The van der Waals surface area contributed by atoms with E-state index in [0.29, 0.717) is 6.04 Å². The molecule has 0 saturated carbocycles. The van der Waals surface area contributed by atoms with E-state index in [-0.39, 0.29) is 0 Å². The summed E-state index contributed by atoms with van der Waals surface area (Å²) in [6, 6.07) is 1.39. The van der Waals surface area contributed by atoms with Gasteiger partial charge in [-0.2, -0.15) is 11.8 Å². The molecule has 2 nitrogen and oxygen atoms in total. The van der Waals surface area contributed by atoms with Crippen molar-refractivity contribution in [2.45, 2.75) is 58.4 Å². The summed E-state index contributed by atoms with van der Waals surface area (Å²) < 4.78 is 0. The number of thioether (sulfide) groups is 1. The summed E-state index contributed by atoms with van der Waals surface area (Å²) in [5.74, 6) is 2.08. The van der Waals surface area contributed by atoms with Gasteiger partial charge in [0, 0.05) is 37.5 Å². The molecule has 1 rings (SSSR count). The van der Waals surface area contributed by atoms with Crippen LogP contribution in [0.1, 0.15) is 41.0 Å². The Labute approximate surface area is 112 Å². The monoisotopic (exact) mass is 258 g/mol. The van der Waals surface area contributed by atoms with Gasteiger partial charge in [-0.05, 0) is 18.1 Å². The summed E-state index contributed by atoms with van der Waals surface area (Å²) in [4.78, 5) is 2.71. The Morgan fingerprint density at radius 1 is 1.35 bits per heavy atom. The van der Waals surface area contributed by atoms with Gasteiger partial charge in [0.25, 0.3) is 0 Å². The Morgan fingerprint density at radius 3 is 2.65 bits per heavy atom. The lowest BCUT2D eigenvalue weighted by Gasteiger charge is -2.42. The second-order valence-electron chi connectivity index (χ2n) is 5.68. The van der Waals surface area contributed by atoms with Crippen molar-refractivity contribution in [1.82, 2.24) is 10.2 Å². The molecule has 1 N–H and O–H groups in total. The van der Waals surface area contributed by atoms with E-state index in [4.69, 9.17) is 0 Å². The number of hydrogen-bond donors (Lipinski definition) is 1. The minimum Gasteiger partial charge on any atom is -0.311 e. The van der Waals surface area contributed by atoms with E-state index in [1.54, 1.807) is 0 Å². The molecule has 3 atom stereocenters. The van der Waals surface area contributed by atoms with Crippen LogP contribution >= 0.6 is 11.8 Å². The SMILES string of the molecule is CCC(C)C1CNC(C)CN1CCSC(C)C. The van der Waals surface area contributed by atoms with Crippen LogP contribution in [0.15, 0.2) is 0 Å². The van der Waals surface area contributed by atoms with Crippen molar-refractivity contribution in [2.75, 3.05) is 25.4 Å². The van der Waals surface area contributed by atoms with E-state index >= 15 is 0 Å². The first-order valence-electron chi connectivity index (χ1n) is 7.13. The molecule has 0 aromatic rings. The van der Waals surface area contributed by atoms with Crippen molar-refractivity contribution in [3.05, 3.63) is 0 Å². The predicted octanol–water partition coefficient (Wildman–Crippen LogP) is 2.84. The van der Waals surface area contributed by atoms with Crippen molar-refractivity contribution in [3.8, 4) is 0 Å². The van der Waals surface area contributed by atoms with Gasteiger partial charge in [-0.15, -0.1) is 0 Å². The molecule has 1 aliphatic rings. The molecule has 0 bridgehead atoms. The normalized spacial score (nSPS) is 28.6. The summed E-state index contributed by atoms with van der Waals surface area (Å²) in [5, 5.41) is 4.39. The third-order valence-electron chi connectivity index (χ3n) is 3.78. The highest BCUT2D eigenvalue weighted by Gasteiger charge is 2.28. The van der Waals surface area contributed by atoms with E-state index in [1.807, 2.05) is 0 Å². The van der Waals surface area contributed by atoms with Crippen molar-refractivity contribution in [3.63, 3.8) is 0 Å². The van der Waals surface area contributed by atoms with Gasteiger partial charge in [0.1, 0.15) is 0 Å². The van der Waals surface area contributed by atoms with E-state index in [9.17, 15) is 0 Å². The number of piperazine rings is 1. The third kappa shape index (κ3) is 5.19. The standard InChI is InChI=1S/C14H30N2S/c1-6-12(4)14-9-15-13(5)10-16(14)7-8-17-11(2)3/h11-15H,6-10H2,1-5H3. The zero-order valence-corrected chi connectivity index (χ0v) is 13.0. The first kappa shape index (κ1) is 15.3. The smallest absolute Gasteiger partial charge is 0.0247 e. The molecule has 1 saturated heterocycles. The van der Waals surface area contributed by atoms with Gasteiger partial charge in [-0.1, -0.05) is 34.1 Å². The fourth-order valence-electron chi connectivity index (χ4n) is 2.50. The fourth-order valence-corrected chi connectivity index (χ4v) is 3.31. The molecule has 17 heavy (non-hydrogen) atoms. The van der Waals surface area contributed by atoms with Crippen molar-refractivity contribution < 1.29 is 0 Å². The zero-order chi connectivity index (χ0) is 12.8. The van der Waals surface area contributed by atoms with E-state index in [1.165, 1.54) is 31.8 Å². The molecule has 0 amide bonds. The van der Waals surface area contributed by atoms with Crippen LogP contribution < -0.4 is 5.32 Å². The molecule has 1 aliphatic heterocycles. The lowest BCUT2D eigenvalue weighted by atomic mass is 9.95. The van der Waals surface area contributed by atoms with Gasteiger partial charge in [0.05, 0.1) is 0 Å². The van der Waals surface area contributed by atoms with Crippen LogP contribution in [-0.4, -0.2) is 47.6 Å². The molecule has 1 heterocycles. The Bertz CT molecular complexity index is 208. The summed E-state index contributed by atoms with van der Waals surface area (Å²) in [7, 11) is 0. The Morgan fingerprint density at radius 2 is 2.06 bits per heavy atom. The molecule has 3 unspecified atom stereocenters. The molecular formula is C14H30N2S. The van der Waals surface area contributed by atoms with Crippen LogP contribution in [0, 0.1) is 5.92 Å². The summed E-state index contributed by atoms with van der Waals surface area (Å²) in [5.41, 5.74) is 0. The van der Waals surface area contributed by atoms with Crippen molar-refractivity contribution in [2.24, 2.45) is 5.92 Å². The minimum absolute atomic E-state index is 0.652. The molecule has 1 fully saturated rings. The van der Waals surface area contributed by atoms with Crippen LogP contribution in [0.25, 0.3) is 0 Å². The summed E-state index contributed by atoms with van der Waals surface area (Å²) in [6.07, 6.45) is 1.29. The van der Waals surface area contributed by atoms with Crippen LogP contribution in [0.4, 0.5) is 0 Å². The van der Waals surface area contributed by atoms with Gasteiger partial charge in [-0.3, -0.25) is 4.90 Å². The molecule has 0 aromatic heterocycles. The average Bonchev–Trinajstić information content (AvgIpc) is 2.28. The molecule has 0 radical (unpaired) electrons. The quantitative estimate of drug-likeness (QED) is 0.789. The highest BCUT2D eigenvalue weighted by atomic mass is 32.2. The number of rotatable bonds is 6. The van der Waals surface area contributed by atoms with Gasteiger partial charge in [-0.25, -0.2) is 0 Å². The predicted molar refractivity (Wildman–Crippen MR) is 79.9 cm³/mol. The first-order chi connectivity index (χ1) is 8.04. The van der Waals surface area contributed by atoms with Crippen LogP contribution in [0.5, 0.6) is 0 Å². The largest absolute Gasteiger partial charge is 0.311 e. The summed E-state index contributed by atoms with van der Waals surface area (Å²) in [6.45, 7) is 15.2. The molecule has 0 spiro atoms. The third-order valence-corrected chi connectivity index (χ3v) is 4.87. The second-order valence-corrected chi connectivity index (χ2v) is 7.36. The maximum absolute atomic E-state index is 3.63.